The van der Waals surface area contributed by atoms with Crippen LogP contribution in [-0.2, 0) is 19.6 Å². The summed E-state index contributed by atoms with van der Waals surface area (Å²) < 4.78 is 22.4. The molecule has 2 fully saturated rings. The molecule has 2 aliphatic rings. The van der Waals surface area contributed by atoms with Crippen LogP contribution in [0.15, 0.2) is 29.2 Å². The van der Waals surface area contributed by atoms with E-state index < -0.39 is 34.0 Å². The fourth-order valence-electron chi connectivity index (χ4n) is 3.21. The number of sulfonamides is 1. The molecule has 10 heteroatoms. The fourth-order valence-corrected chi connectivity index (χ4v) is 3.72. The molecule has 134 valence electrons. The molecule has 0 atom stereocenters. The third kappa shape index (κ3) is 3.35. The molecular formula is C15H18N4O5S. The molecule has 4 N–H and O–H groups in total. The minimum atomic E-state index is -3.81. The summed E-state index contributed by atoms with van der Waals surface area (Å²) in [5, 5.41) is 10.2. The first-order chi connectivity index (χ1) is 11.7. The van der Waals surface area contributed by atoms with Crippen molar-refractivity contribution in [3.05, 3.63) is 24.3 Å². The topological polar surface area (TPSA) is 139 Å². The smallest absolute Gasteiger partial charge is 0.325 e. The number of hydrogen-bond acceptors (Lipinski definition) is 5. The highest BCUT2D eigenvalue weighted by Gasteiger charge is 2.52. The van der Waals surface area contributed by atoms with Crippen LogP contribution in [-0.4, -0.2) is 43.2 Å². The SMILES string of the molecule is NS(=O)(=O)c1ccc(NC(=O)CN2C(=O)NC3(CCCC3)C2=O)cc1. The van der Waals surface area contributed by atoms with Gasteiger partial charge in [0.05, 0.1) is 4.90 Å². The Morgan fingerprint density at radius 2 is 1.80 bits per heavy atom. The van der Waals surface area contributed by atoms with E-state index in [1.807, 2.05) is 0 Å². The zero-order valence-electron chi connectivity index (χ0n) is 13.3. The number of benzene rings is 1. The normalized spacial score (nSPS) is 19.3. The summed E-state index contributed by atoms with van der Waals surface area (Å²) in [5.74, 6) is -0.920. The molecule has 0 unspecified atom stereocenters. The third-order valence-corrected chi connectivity index (χ3v) is 5.40. The Kier molecular flexibility index (Phi) is 4.25. The maximum Gasteiger partial charge on any atom is 0.325 e. The highest BCUT2D eigenvalue weighted by atomic mass is 32.2. The Morgan fingerprint density at radius 3 is 2.36 bits per heavy atom. The highest BCUT2D eigenvalue weighted by Crippen LogP contribution is 2.34. The lowest BCUT2D eigenvalue weighted by molar-refractivity contribution is -0.133. The van der Waals surface area contributed by atoms with Gasteiger partial charge < -0.3 is 10.6 Å². The summed E-state index contributed by atoms with van der Waals surface area (Å²) in [6.45, 7) is -0.399. The van der Waals surface area contributed by atoms with Gasteiger partial charge in [0.15, 0.2) is 0 Å². The molecule has 0 aromatic heterocycles. The van der Waals surface area contributed by atoms with E-state index in [-0.39, 0.29) is 10.8 Å². The van der Waals surface area contributed by atoms with E-state index in [9.17, 15) is 22.8 Å². The number of amides is 4. The molecule has 1 aromatic rings. The van der Waals surface area contributed by atoms with Gasteiger partial charge in [0.25, 0.3) is 5.91 Å². The second kappa shape index (κ2) is 6.12. The Labute approximate surface area is 144 Å². The molecule has 0 bridgehead atoms. The van der Waals surface area contributed by atoms with Gasteiger partial charge in [-0.2, -0.15) is 0 Å². The highest BCUT2D eigenvalue weighted by molar-refractivity contribution is 7.89. The third-order valence-electron chi connectivity index (χ3n) is 4.47. The van der Waals surface area contributed by atoms with Gasteiger partial charge in [0.2, 0.25) is 15.9 Å². The lowest BCUT2D eigenvalue weighted by Gasteiger charge is -2.19. The van der Waals surface area contributed by atoms with E-state index in [1.54, 1.807) is 0 Å². The van der Waals surface area contributed by atoms with Gasteiger partial charge >= 0.3 is 6.03 Å². The number of carbonyl (C=O) groups is 3. The average molecular weight is 366 g/mol. The molecule has 1 aliphatic heterocycles. The van der Waals surface area contributed by atoms with E-state index in [4.69, 9.17) is 5.14 Å². The molecule has 9 nitrogen and oxygen atoms in total. The van der Waals surface area contributed by atoms with Crippen LogP contribution >= 0.6 is 0 Å². The molecule has 1 saturated heterocycles. The van der Waals surface area contributed by atoms with Gasteiger partial charge in [-0.3, -0.25) is 14.5 Å². The van der Waals surface area contributed by atoms with Crippen molar-refractivity contribution in [1.29, 1.82) is 0 Å². The summed E-state index contributed by atoms with van der Waals surface area (Å²) in [6, 6.07) is 4.70. The molecule has 1 spiro atoms. The lowest BCUT2D eigenvalue weighted by Crippen LogP contribution is -2.44. The van der Waals surface area contributed by atoms with Crippen molar-refractivity contribution in [3.8, 4) is 0 Å². The fraction of sp³-hybridized carbons (Fsp3) is 0.400. The summed E-state index contributed by atoms with van der Waals surface area (Å²) in [5.41, 5.74) is -0.519. The van der Waals surface area contributed by atoms with Crippen molar-refractivity contribution >= 4 is 33.6 Å². The number of carbonyl (C=O) groups excluding carboxylic acids is 3. The average Bonchev–Trinajstić information content (AvgIpc) is 3.08. The Hall–Kier alpha value is -2.46. The van der Waals surface area contributed by atoms with Crippen molar-refractivity contribution in [1.82, 2.24) is 10.2 Å². The second-order valence-electron chi connectivity index (χ2n) is 6.23. The van der Waals surface area contributed by atoms with E-state index in [2.05, 4.69) is 10.6 Å². The first kappa shape index (κ1) is 17.4. The van der Waals surface area contributed by atoms with Crippen LogP contribution in [0.4, 0.5) is 10.5 Å². The first-order valence-corrected chi connectivity index (χ1v) is 9.33. The van der Waals surface area contributed by atoms with Gasteiger partial charge in [-0.05, 0) is 37.1 Å². The van der Waals surface area contributed by atoms with Crippen molar-refractivity contribution in [3.63, 3.8) is 0 Å². The Morgan fingerprint density at radius 1 is 1.20 bits per heavy atom. The van der Waals surface area contributed by atoms with Crippen LogP contribution in [0.5, 0.6) is 0 Å². The predicted octanol–water partition coefficient (Wildman–Crippen LogP) is 0.137. The summed E-state index contributed by atoms with van der Waals surface area (Å²) in [4.78, 5) is 37.4. The van der Waals surface area contributed by atoms with Crippen molar-refractivity contribution in [2.24, 2.45) is 5.14 Å². The lowest BCUT2D eigenvalue weighted by atomic mass is 9.98. The second-order valence-corrected chi connectivity index (χ2v) is 7.79. The quantitative estimate of drug-likeness (QED) is 0.650. The molecule has 4 amide bonds. The van der Waals surface area contributed by atoms with Gasteiger partial charge in [-0.1, -0.05) is 12.8 Å². The van der Waals surface area contributed by atoms with Crippen molar-refractivity contribution in [2.75, 3.05) is 11.9 Å². The van der Waals surface area contributed by atoms with E-state index in [1.165, 1.54) is 24.3 Å². The molecule has 25 heavy (non-hydrogen) atoms. The number of primary sulfonamides is 1. The number of nitrogens with two attached hydrogens (primary N) is 1. The molecule has 1 saturated carbocycles. The predicted molar refractivity (Wildman–Crippen MR) is 87.9 cm³/mol. The minimum absolute atomic E-state index is 0.0808. The van der Waals surface area contributed by atoms with Gasteiger partial charge in [-0.15, -0.1) is 0 Å². The van der Waals surface area contributed by atoms with Crippen molar-refractivity contribution in [2.45, 2.75) is 36.1 Å². The standard InChI is InChI=1S/C15H18N4O5S/c16-25(23,24)11-5-3-10(4-6-11)17-12(20)9-19-13(21)15(18-14(19)22)7-1-2-8-15/h3-6H,1-2,7-9H2,(H,17,20)(H,18,22)(H2,16,23,24). The number of anilines is 1. The van der Waals surface area contributed by atoms with Crippen molar-refractivity contribution < 1.29 is 22.8 Å². The van der Waals surface area contributed by atoms with Crippen LogP contribution < -0.4 is 15.8 Å². The van der Waals surface area contributed by atoms with Gasteiger partial charge in [0.1, 0.15) is 12.1 Å². The number of rotatable bonds is 4. The number of urea groups is 1. The zero-order chi connectivity index (χ0) is 18.2. The van der Waals surface area contributed by atoms with E-state index >= 15 is 0 Å². The van der Waals surface area contributed by atoms with E-state index in [0.29, 0.717) is 18.5 Å². The minimum Gasteiger partial charge on any atom is -0.325 e. The van der Waals surface area contributed by atoms with Gasteiger partial charge in [-0.25, -0.2) is 18.4 Å². The summed E-state index contributed by atoms with van der Waals surface area (Å²) >= 11 is 0. The summed E-state index contributed by atoms with van der Waals surface area (Å²) in [7, 11) is -3.81. The van der Waals surface area contributed by atoms with Crippen LogP contribution in [0.1, 0.15) is 25.7 Å². The molecule has 1 heterocycles. The number of imide groups is 1. The van der Waals surface area contributed by atoms with Crippen LogP contribution in [0.2, 0.25) is 0 Å². The largest absolute Gasteiger partial charge is 0.325 e. The summed E-state index contributed by atoms with van der Waals surface area (Å²) in [6.07, 6.45) is 2.90. The Bertz CT molecular complexity index is 828. The number of nitrogens with one attached hydrogen (secondary N) is 2. The molecular weight excluding hydrogens is 348 g/mol. The maximum absolute atomic E-state index is 12.5. The Balaban J connectivity index is 1.65. The zero-order valence-corrected chi connectivity index (χ0v) is 14.1. The molecule has 3 rings (SSSR count). The van der Waals surface area contributed by atoms with Crippen LogP contribution in [0.25, 0.3) is 0 Å². The number of nitrogens with zero attached hydrogens (tertiary/aromatic N) is 1. The maximum atomic E-state index is 12.5. The van der Waals surface area contributed by atoms with Gasteiger partial charge in [0, 0.05) is 5.69 Å². The van der Waals surface area contributed by atoms with Crippen LogP contribution in [0, 0.1) is 0 Å². The monoisotopic (exact) mass is 366 g/mol. The molecule has 1 aliphatic carbocycles. The van der Waals surface area contributed by atoms with E-state index in [0.717, 1.165) is 17.7 Å². The molecule has 0 radical (unpaired) electrons. The first-order valence-electron chi connectivity index (χ1n) is 7.78. The number of hydrogen-bond donors (Lipinski definition) is 3. The molecule has 1 aromatic carbocycles. The van der Waals surface area contributed by atoms with Crippen LogP contribution in [0.3, 0.4) is 0 Å².